The summed E-state index contributed by atoms with van der Waals surface area (Å²) >= 11 is 0. The molecule has 1 aliphatic carbocycles. The van der Waals surface area contributed by atoms with E-state index in [2.05, 4.69) is 33.0 Å². The zero-order valence-electron chi connectivity index (χ0n) is 21.2. The lowest BCUT2D eigenvalue weighted by atomic mass is 9.97. The van der Waals surface area contributed by atoms with Gasteiger partial charge in [0.1, 0.15) is 12.0 Å². The van der Waals surface area contributed by atoms with Gasteiger partial charge in [-0.1, -0.05) is 12.1 Å². The Kier molecular flexibility index (Phi) is 7.43. The molecule has 0 atom stereocenters. The van der Waals surface area contributed by atoms with E-state index >= 15 is 0 Å². The maximum absolute atomic E-state index is 13.4. The van der Waals surface area contributed by atoms with Crippen molar-refractivity contribution in [3.05, 3.63) is 59.7 Å². The smallest absolute Gasteiger partial charge is 0.254 e. The van der Waals surface area contributed by atoms with Gasteiger partial charge in [0.25, 0.3) is 5.91 Å². The summed E-state index contributed by atoms with van der Waals surface area (Å²) in [5.74, 6) is 1.50. The van der Waals surface area contributed by atoms with Gasteiger partial charge in [-0.05, 0) is 67.6 Å². The molecule has 1 saturated carbocycles. The Morgan fingerprint density at radius 2 is 1.53 bits per heavy atom. The van der Waals surface area contributed by atoms with Crippen LogP contribution in [0.15, 0.2) is 48.5 Å². The highest BCUT2D eigenvalue weighted by atomic mass is 16.5. The number of piperidine rings is 1. The topological polar surface area (TPSA) is 85.9 Å². The molecule has 0 spiro atoms. The van der Waals surface area contributed by atoms with Crippen LogP contribution in [0.4, 0.5) is 5.69 Å². The zero-order valence-corrected chi connectivity index (χ0v) is 21.2. The first kappa shape index (κ1) is 24.6. The molecule has 0 unspecified atom stereocenters. The van der Waals surface area contributed by atoms with E-state index in [1.165, 1.54) is 5.56 Å². The molecule has 8 nitrogen and oxygen atoms in total. The van der Waals surface area contributed by atoms with Gasteiger partial charge in [-0.2, -0.15) is 0 Å². The van der Waals surface area contributed by atoms with Crippen LogP contribution in [0.3, 0.4) is 0 Å². The largest absolute Gasteiger partial charge is 0.497 e. The van der Waals surface area contributed by atoms with Crippen molar-refractivity contribution < 1.29 is 14.3 Å². The molecular weight excluding hydrogens is 454 g/mol. The summed E-state index contributed by atoms with van der Waals surface area (Å²) in [4.78, 5) is 29.1. The van der Waals surface area contributed by atoms with Crippen molar-refractivity contribution in [2.75, 3.05) is 38.6 Å². The van der Waals surface area contributed by atoms with Gasteiger partial charge >= 0.3 is 0 Å². The lowest BCUT2D eigenvalue weighted by molar-refractivity contribution is -0.130. The molecule has 0 aromatic heterocycles. The van der Waals surface area contributed by atoms with E-state index in [0.29, 0.717) is 12.0 Å². The molecule has 8 heteroatoms. The van der Waals surface area contributed by atoms with Crippen LogP contribution in [0.1, 0.15) is 54.4 Å². The number of hydrogen-bond donors (Lipinski definition) is 3. The maximum atomic E-state index is 13.4. The summed E-state index contributed by atoms with van der Waals surface area (Å²) in [6.07, 6.45) is 3.84. The Morgan fingerprint density at radius 1 is 0.917 bits per heavy atom. The number of nitrogens with one attached hydrogen (secondary N) is 3. The highest BCUT2D eigenvalue weighted by molar-refractivity contribution is 5.95. The van der Waals surface area contributed by atoms with E-state index in [4.69, 9.17) is 4.74 Å². The number of methoxy groups -OCH3 is 1. The fraction of sp³-hybridized carbons (Fsp3) is 0.500. The van der Waals surface area contributed by atoms with Crippen molar-refractivity contribution in [1.82, 2.24) is 20.4 Å². The van der Waals surface area contributed by atoms with Crippen LogP contribution in [-0.4, -0.2) is 73.3 Å². The van der Waals surface area contributed by atoms with Crippen LogP contribution in [0, 0.1) is 0 Å². The minimum Gasteiger partial charge on any atom is -0.497 e. The third-order valence-corrected chi connectivity index (χ3v) is 7.64. The number of amides is 2. The Bertz CT molecular complexity index is 1040. The number of likely N-dealkylation sites (tertiary alicyclic amines) is 1. The molecule has 2 saturated heterocycles. The van der Waals surface area contributed by atoms with Crippen molar-refractivity contribution in [2.24, 2.45) is 0 Å². The Morgan fingerprint density at radius 3 is 2.08 bits per heavy atom. The summed E-state index contributed by atoms with van der Waals surface area (Å²) in [5.41, 5.74) is 2.97. The monoisotopic (exact) mass is 491 g/mol. The molecule has 36 heavy (non-hydrogen) atoms. The average Bonchev–Trinajstić information content (AvgIpc) is 3.75. The van der Waals surface area contributed by atoms with E-state index in [0.717, 1.165) is 68.9 Å². The average molecular weight is 492 g/mol. The third-order valence-electron chi connectivity index (χ3n) is 7.64. The first-order chi connectivity index (χ1) is 17.5. The molecule has 3 fully saturated rings. The molecule has 0 radical (unpaired) electrons. The van der Waals surface area contributed by atoms with Gasteiger partial charge in [-0.3, -0.25) is 20.2 Å². The fourth-order valence-electron chi connectivity index (χ4n) is 5.34. The number of rotatable bonds is 7. The zero-order chi connectivity index (χ0) is 25.1. The van der Waals surface area contributed by atoms with Gasteiger partial charge in [0, 0.05) is 62.4 Å². The number of benzene rings is 2. The second kappa shape index (κ2) is 10.9. The molecule has 2 aromatic carbocycles. The van der Waals surface area contributed by atoms with Gasteiger partial charge in [0.05, 0.1) is 7.11 Å². The normalized spacial score (nSPS) is 22.7. The Hall–Kier alpha value is -3.10. The van der Waals surface area contributed by atoms with E-state index in [1.807, 2.05) is 41.3 Å². The van der Waals surface area contributed by atoms with Crippen LogP contribution < -0.4 is 20.7 Å². The summed E-state index contributed by atoms with van der Waals surface area (Å²) < 4.78 is 5.26. The molecule has 0 bridgehead atoms. The number of nitrogens with zero attached hydrogens (tertiary/aromatic N) is 2. The van der Waals surface area contributed by atoms with Crippen molar-refractivity contribution in [2.45, 2.75) is 56.9 Å². The third kappa shape index (κ3) is 5.65. The van der Waals surface area contributed by atoms with Crippen LogP contribution in [0.2, 0.25) is 0 Å². The first-order valence-corrected chi connectivity index (χ1v) is 13.1. The second-order valence-electron chi connectivity index (χ2n) is 10.1. The molecule has 5 rings (SSSR count). The second-order valence-corrected chi connectivity index (χ2v) is 10.1. The number of carbonyl (C=O) groups is 2. The predicted octanol–water partition coefficient (Wildman–Crippen LogP) is 2.98. The summed E-state index contributed by atoms with van der Waals surface area (Å²) in [7, 11) is 1.68. The quantitative estimate of drug-likeness (QED) is 0.552. The maximum Gasteiger partial charge on any atom is 0.254 e. The summed E-state index contributed by atoms with van der Waals surface area (Å²) in [5, 5.41) is 10.5. The van der Waals surface area contributed by atoms with Crippen LogP contribution in [0.25, 0.3) is 0 Å². The van der Waals surface area contributed by atoms with E-state index in [9.17, 15) is 9.59 Å². The van der Waals surface area contributed by atoms with E-state index < -0.39 is 0 Å². The van der Waals surface area contributed by atoms with Crippen molar-refractivity contribution in [3.8, 4) is 5.75 Å². The lowest BCUT2D eigenvalue weighted by Gasteiger charge is -2.38. The van der Waals surface area contributed by atoms with Gasteiger partial charge < -0.3 is 19.9 Å². The van der Waals surface area contributed by atoms with Crippen molar-refractivity contribution in [1.29, 1.82) is 0 Å². The number of anilines is 1. The van der Waals surface area contributed by atoms with Gasteiger partial charge in [-0.15, -0.1) is 0 Å². The van der Waals surface area contributed by atoms with Crippen molar-refractivity contribution >= 4 is 17.5 Å². The Labute approximate surface area is 213 Å². The van der Waals surface area contributed by atoms with Gasteiger partial charge in [0.15, 0.2) is 0 Å². The van der Waals surface area contributed by atoms with E-state index in [1.54, 1.807) is 14.0 Å². The lowest BCUT2D eigenvalue weighted by Crippen LogP contribution is -2.55. The summed E-state index contributed by atoms with van der Waals surface area (Å²) in [6.45, 7) is 4.83. The van der Waals surface area contributed by atoms with Crippen LogP contribution in [0.5, 0.6) is 5.75 Å². The summed E-state index contributed by atoms with van der Waals surface area (Å²) in [6, 6.07) is 16.6. The van der Waals surface area contributed by atoms with Crippen LogP contribution in [-0.2, 0) is 4.79 Å². The SMILES string of the molecule is COc1ccc(C2CNC(Nc3ccc(C(=O)N(C4CC4)C4CCN(C(C)=O)CC4)cc3)NC2)cc1. The molecule has 192 valence electrons. The number of hydrogen-bond acceptors (Lipinski definition) is 6. The Balaban J connectivity index is 1.14. The molecule has 2 aliphatic heterocycles. The van der Waals surface area contributed by atoms with E-state index in [-0.39, 0.29) is 24.1 Å². The molecule has 2 aromatic rings. The van der Waals surface area contributed by atoms with Gasteiger partial charge in [-0.25, -0.2) is 0 Å². The first-order valence-electron chi connectivity index (χ1n) is 13.1. The van der Waals surface area contributed by atoms with Crippen molar-refractivity contribution in [3.63, 3.8) is 0 Å². The van der Waals surface area contributed by atoms with Gasteiger partial charge in [0.2, 0.25) is 5.91 Å². The standard InChI is InChI=1S/C28H37N5O3/c1-19(34)32-15-13-25(14-16-32)33(24-9-10-24)27(35)21-3-7-23(8-4-21)31-28-29-17-22(18-30-28)20-5-11-26(36-2)12-6-20/h3-8,11-12,22,24-25,28-31H,9-10,13-18H2,1-2H3. The number of carbonyl (C=O) groups excluding carboxylic acids is 2. The molecule has 2 amide bonds. The minimum atomic E-state index is -0.0320. The predicted molar refractivity (Wildman–Crippen MR) is 140 cm³/mol. The molecular formula is C28H37N5O3. The molecule has 3 aliphatic rings. The van der Waals surface area contributed by atoms with Crippen LogP contribution >= 0.6 is 0 Å². The highest BCUT2D eigenvalue weighted by Gasteiger charge is 2.39. The molecule has 2 heterocycles. The minimum absolute atomic E-state index is 0.0320. The molecule has 3 N–H and O–H groups in total. The fourth-order valence-corrected chi connectivity index (χ4v) is 5.34. The highest BCUT2D eigenvalue weighted by Crippen LogP contribution is 2.33. The number of ether oxygens (including phenoxy) is 1.